The second kappa shape index (κ2) is 4.09. The van der Waals surface area contributed by atoms with E-state index >= 15 is 0 Å². The molecule has 72 valence electrons. The lowest BCUT2D eigenvalue weighted by Crippen LogP contribution is -2.20. The van der Waals surface area contributed by atoms with Gasteiger partial charge >= 0.3 is 0 Å². The highest BCUT2D eigenvalue weighted by Gasteiger charge is 2.12. The Hall–Kier alpha value is -1.29. The fourth-order valence-electron chi connectivity index (χ4n) is 0.990. The van der Waals surface area contributed by atoms with Crippen molar-refractivity contribution in [2.45, 2.75) is 6.42 Å². The Bertz CT molecular complexity index is 292. The highest BCUT2D eigenvalue weighted by molar-refractivity contribution is 5.91. The molecule has 4 heteroatoms. The van der Waals surface area contributed by atoms with Gasteiger partial charge in [0.2, 0.25) is 0 Å². The first-order chi connectivity index (χ1) is 6.15. The number of furan rings is 1. The summed E-state index contributed by atoms with van der Waals surface area (Å²) in [5.74, 6) is 1.00. The largest absolute Gasteiger partial charge is 0.456 e. The van der Waals surface area contributed by atoms with Crippen molar-refractivity contribution in [1.29, 1.82) is 0 Å². The number of hydrogen-bond acceptors (Lipinski definition) is 3. The van der Waals surface area contributed by atoms with Gasteiger partial charge in [0, 0.05) is 20.5 Å². The van der Waals surface area contributed by atoms with Crippen LogP contribution in [0.1, 0.15) is 16.3 Å². The topological polar surface area (TPSA) is 59.5 Å². The lowest BCUT2D eigenvalue weighted by atomic mass is 10.3. The summed E-state index contributed by atoms with van der Waals surface area (Å²) >= 11 is 0. The molecule has 13 heavy (non-hydrogen) atoms. The van der Waals surface area contributed by atoms with Gasteiger partial charge in [0.05, 0.1) is 0 Å². The Kier molecular flexibility index (Phi) is 3.08. The van der Waals surface area contributed by atoms with Crippen LogP contribution in [0.2, 0.25) is 0 Å². The van der Waals surface area contributed by atoms with Crippen molar-refractivity contribution in [3.8, 4) is 0 Å². The molecule has 1 rings (SSSR count). The first kappa shape index (κ1) is 9.80. The van der Waals surface area contributed by atoms with Crippen molar-refractivity contribution >= 4 is 5.91 Å². The van der Waals surface area contributed by atoms with Crippen molar-refractivity contribution < 1.29 is 9.21 Å². The van der Waals surface area contributed by atoms with Gasteiger partial charge in [0.25, 0.3) is 5.91 Å². The molecule has 0 aliphatic heterocycles. The van der Waals surface area contributed by atoms with Crippen molar-refractivity contribution in [2.75, 3.05) is 20.6 Å². The van der Waals surface area contributed by atoms with Gasteiger partial charge in [-0.2, -0.15) is 0 Å². The van der Waals surface area contributed by atoms with Crippen molar-refractivity contribution in [2.24, 2.45) is 5.73 Å². The molecule has 1 aromatic rings. The van der Waals surface area contributed by atoms with Gasteiger partial charge < -0.3 is 15.1 Å². The van der Waals surface area contributed by atoms with Crippen LogP contribution in [-0.2, 0) is 6.42 Å². The van der Waals surface area contributed by atoms with E-state index in [1.54, 1.807) is 26.2 Å². The molecule has 0 aromatic carbocycles. The zero-order valence-electron chi connectivity index (χ0n) is 7.91. The van der Waals surface area contributed by atoms with E-state index in [4.69, 9.17) is 10.2 Å². The average molecular weight is 182 g/mol. The Labute approximate surface area is 77.3 Å². The average Bonchev–Trinajstić information content (AvgIpc) is 2.52. The Morgan fingerprint density at radius 1 is 1.54 bits per heavy atom. The highest BCUT2D eigenvalue weighted by atomic mass is 16.4. The van der Waals surface area contributed by atoms with Crippen LogP contribution in [0.15, 0.2) is 16.5 Å². The standard InChI is InChI=1S/C9H14N2O2/c1-11(2)9(12)8-4-3-7(13-8)5-6-10/h3-4H,5-6,10H2,1-2H3. The van der Waals surface area contributed by atoms with Crippen LogP contribution in [0.5, 0.6) is 0 Å². The quantitative estimate of drug-likeness (QED) is 0.739. The maximum absolute atomic E-state index is 11.4. The van der Waals surface area contributed by atoms with E-state index in [2.05, 4.69) is 0 Å². The Balaban J connectivity index is 2.73. The minimum atomic E-state index is -0.122. The van der Waals surface area contributed by atoms with Gasteiger partial charge in [-0.25, -0.2) is 0 Å². The van der Waals surface area contributed by atoms with E-state index in [9.17, 15) is 4.79 Å². The first-order valence-corrected chi connectivity index (χ1v) is 4.15. The van der Waals surface area contributed by atoms with Crippen LogP contribution in [0, 0.1) is 0 Å². The summed E-state index contributed by atoms with van der Waals surface area (Å²) in [6.07, 6.45) is 0.667. The molecular weight excluding hydrogens is 168 g/mol. The zero-order valence-corrected chi connectivity index (χ0v) is 7.91. The Morgan fingerprint density at radius 2 is 2.23 bits per heavy atom. The molecule has 0 bridgehead atoms. The van der Waals surface area contributed by atoms with Gasteiger partial charge in [0.15, 0.2) is 5.76 Å². The number of nitrogens with zero attached hydrogens (tertiary/aromatic N) is 1. The lowest BCUT2D eigenvalue weighted by Gasteiger charge is -2.06. The molecule has 0 fully saturated rings. The van der Waals surface area contributed by atoms with E-state index in [0.29, 0.717) is 18.7 Å². The maximum Gasteiger partial charge on any atom is 0.289 e. The molecular formula is C9H14N2O2. The van der Waals surface area contributed by atoms with E-state index < -0.39 is 0 Å². The second-order valence-corrected chi connectivity index (χ2v) is 3.00. The number of amides is 1. The highest BCUT2D eigenvalue weighted by Crippen LogP contribution is 2.09. The number of carbonyl (C=O) groups excluding carboxylic acids is 1. The van der Waals surface area contributed by atoms with Crippen LogP contribution >= 0.6 is 0 Å². The van der Waals surface area contributed by atoms with Crippen LogP contribution in [0.3, 0.4) is 0 Å². The second-order valence-electron chi connectivity index (χ2n) is 3.00. The number of carbonyl (C=O) groups is 1. The number of rotatable bonds is 3. The van der Waals surface area contributed by atoms with Crippen LogP contribution in [0.4, 0.5) is 0 Å². The normalized spacial score (nSPS) is 10.1. The number of hydrogen-bond donors (Lipinski definition) is 1. The molecule has 1 heterocycles. The maximum atomic E-state index is 11.4. The summed E-state index contributed by atoms with van der Waals surface area (Å²) in [7, 11) is 3.38. The summed E-state index contributed by atoms with van der Waals surface area (Å²) in [6, 6.07) is 3.46. The smallest absolute Gasteiger partial charge is 0.289 e. The molecule has 0 atom stereocenters. The molecule has 0 spiro atoms. The summed E-state index contributed by atoms with van der Waals surface area (Å²) in [6.45, 7) is 0.531. The molecule has 4 nitrogen and oxygen atoms in total. The molecule has 1 amide bonds. The van der Waals surface area contributed by atoms with Gasteiger partial charge in [-0.1, -0.05) is 0 Å². The lowest BCUT2D eigenvalue weighted by molar-refractivity contribution is 0.0795. The monoisotopic (exact) mass is 182 g/mol. The first-order valence-electron chi connectivity index (χ1n) is 4.15. The molecule has 1 aromatic heterocycles. The predicted molar refractivity (Wildman–Crippen MR) is 49.5 cm³/mol. The van der Waals surface area contributed by atoms with Crippen molar-refractivity contribution in [3.63, 3.8) is 0 Å². The van der Waals surface area contributed by atoms with E-state index in [1.165, 1.54) is 4.90 Å². The van der Waals surface area contributed by atoms with Gasteiger partial charge in [-0.3, -0.25) is 4.79 Å². The molecule has 0 saturated heterocycles. The summed E-state index contributed by atoms with van der Waals surface area (Å²) in [5.41, 5.74) is 5.35. The molecule has 0 unspecified atom stereocenters. The van der Waals surface area contributed by atoms with Crippen molar-refractivity contribution in [3.05, 3.63) is 23.7 Å². The molecule has 0 saturated carbocycles. The molecule has 0 aliphatic carbocycles. The third kappa shape index (κ3) is 2.32. The van der Waals surface area contributed by atoms with E-state index in [1.807, 2.05) is 0 Å². The van der Waals surface area contributed by atoms with Crippen LogP contribution in [0.25, 0.3) is 0 Å². The zero-order chi connectivity index (χ0) is 9.84. The molecule has 2 N–H and O–H groups in total. The molecule has 0 aliphatic rings. The van der Waals surface area contributed by atoms with E-state index in [-0.39, 0.29) is 5.91 Å². The van der Waals surface area contributed by atoms with Gasteiger partial charge in [-0.15, -0.1) is 0 Å². The van der Waals surface area contributed by atoms with Gasteiger partial charge in [-0.05, 0) is 18.7 Å². The summed E-state index contributed by atoms with van der Waals surface area (Å²) in [4.78, 5) is 12.8. The minimum absolute atomic E-state index is 0.122. The van der Waals surface area contributed by atoms with Crippen LogP contribution in [-0.4, -0.2) is 31.4 Å². The molecule has 0 radical (unpaired) electrons. The number of nitrogens with two attached hydrogens (primary N) is 1. The Morgan fingerprint density at radius 3 is 2.77 bits per heavy atom. The van der Waals surface area contributed by atoms with E-state index in [0.717, 1.165) is 5.76 Å². The van der Waals surface area contributed by atoms with Crippen molar-refractivity contribution in [1.82, 2.24) is 4.90 Å². The summed E-state index contributed by atoms with van der Waals surface area (Å²) in [5, 5.41) is 0. The fraction of sp³-hybridized carbons (Fsp3) is 0.444. The third-order valence-corrected chi connectivity index (χ3v) is 1.67. The van der Waals surface area contributed by atoms with Crippen LogP contribution < -0.4 is 5.73 Å². The SMILES string of the molecule is CN(C)C(=O)c1ccc(CCN)o1. The minimum Gasteiger partial charge on any atom is -0.456 e. The fourth-order valence-corrected chi connectivity index (χ4v) is 0.990. The summed E-state index contributed by atoms with van der Waals surface area (Å²) < 4.78 is 5.28. The third-order valence-electron chi connectivity index (χ3n) is 1.67. The van der Waals surface area contributed by atoms with Gasteiger partial charge in [0.1, 0.15) is 5.76 Å². The predicted octanol–water partition coefficient (Wildman–Crippen LogP) is 0.483.